The minimum Gasteiger partial charge on any atom is -0.316 e. The summed E-state index contributed by atoms with van der Waals surface area (Å²) in [6.45, 7) is 4.47. The molecule has 3 heterocycles. The zero-order valence-electron chi connectivity index (χ0n) is 27.3. The first-order valence-corrected chi connectivity index (χ1v) is 16.8. The SMILES string of the molecule is CC1(C)C=c2nc(-n3c4ccccc4c4ccc5c(ccn5-c5ccccc5)c43)nc(-c3ccc(-c4cccc5ccccc45)cc3)c2=C1. The molecule has 1 aliphatic carbocycles. The van der Waals surface area contributed by atoms with Crippen molar-refractivity contribution in [1.82, 2.24) is 19.1 Å². The monoisotopic (exact) mass is 628 g/mol. The van der Waals surface area contributed by atoms with E-state index in [-0.39, 0.29) is 5.41 Å². The van der Waals surface area contributed by atoms with Crippen LogP contribution in [0, 0.1) is 5.41 Å². The van der Waals surface area contributed by atoms with Gasteiger partial charge in [-0.2, -0.15) is 0 Å². The maximum absolute atomic E-state index is 5.44. The standard InChI is InChI=1S/C45H32N4/c1-45(2)27-38-39(28-45)46-44(47-42(38)31-21-19-30(20-22-31)34-17-10-12-29-11-6-7-15-33(29)34)49-41-18-9-8-16-35(41)36-23-24-40-37(43(36)49)25-26-48(40)32-13-4-3-5-14-32/h3-28H,1-2H3. The fourth-order valence-electron chi connectivity index (χ4n) is 7.80. The second-order valence-electron chi connectivity index (χ2n) is 13.7. The van der Waals surface area contributed by atoms with Crippen LogP contribution in [0.5, 0.6) is 0 Å². The van der Waals surface area contributed by atoms with Crippen LogP contribution in [0.15, 0.2) is 146 Å². The molecule has 4 heteroatoms. The average molecular weight is 629 g/mol. The van der Waals surface area contributed by atoms with Gasteiger partial charge in [-0.1, -0.05) is 129 Å². The van der Waals surface area contributed by atoms with Crippen LogP contribution in [0.1, 0.15) is 13.8 Å². The second-order valence-corrected chi connectivity index (χ2v) is 13.7. The Balaban J connectivity index is 1.22. The van der Waals surface area contributed by atoms with Crippen LogP contribution in [0.25, 0.3) is 89.7 Å². The fourth-order valence-corrected chi connectivity index (χ4v) is 7.80. The molecule has 9 aromatic rings. The molecule has 3 aromatic heterocycles. The molecule has 0 radical (unpaired) electrons. The highest BCUT2D eigenvalue weighted by atomic mass is 15.2. The van der Waals surface area contributed by atoms with E-state index in [9.17, 15) is 0 Å². The van der Waals surface area contributed by atoms with Gasteiger partial charge in [-0.05, 0) is 58.3 Å². The van der Waals surface area contributed by atoms with E-state index in [1.165, 1.54) is 38.1 Å². The molecule has 0 amide bonds. The van der Waals surface area contributed by atoms with Crippen LogP contribution in [-0.4, -0.2) is 19.1 Å². The molecule has 0 saturated heterocycles. The highest BCUT2D eigenvalue weighted by molar-refractivity contribution is 6.18. The van der Waals surface area contributed by atoms with Crippen molar-refractivity contribution < 1.29 is 0 Å². The fraction of sp³-hybridized carbons (Fsp3) is 0.0667. The largest absolute Gasteiger partial charge is 0.316 e. The Hall–Kier alpha value is -6.26. The van der Waals surface area contributed by atoms with E-state index < -0.39 is 0 Å². The van der Waals surface area contributed by atoms with Gasteiger partial charge in [0, 0.05) is 44.2 Å². The van der Waals surface area contributed by atoms with E-state index in [1.54, 1.807) is 0 Å². The van der Waals surface area contributed by atoms with E-state index >= 15 is 0 Å². The zero-order chi connectivity index (χ0) is 32.7. The van der Waals surface area contributed by atoms with Gasteiger partial charge in [-0.3, -0.25) is 4.57 Å². The lowest BCUT2D eigenvalue weighted by atomic mass is 9.95. The van der Waals surface area contributed by atoms with Crippen LogP contribution in [-0.2, 0) is 0 Å². The molecular formula is C45H32N4. The van der Waals surface area contributed by atoms with Gasteiger partial charge in [0.1, 0.15) is 0 Å². The number of nitrogens with zero attached hydrogens (tertiary/aromatic N) is 4. The number of para-hydroxylation sites is 2. The smallest absolute Gasteiger partial charge is 0.235 e. The Bertz CT molecular complexity index is 2890. The maximum Gasteiger partial charge on any atom is 0.235 e. The first kappa shape index (κ1) is 27.8. The third-order valence-corrected chi connectivity index (χ3v) is 9.98. The van der Waals surface area contributed by atoms with Gasteiger partial charge in [-0.15, -0.1) is 0 Å². The van der Waals surface area contributed by atoms with Gasteiger partial charge < -0.3 is 4.57 Å². The van der Waals surface area contributed by atoms with Crippen LogP contribution >= 0.6 is 0 Å². The van der Waals surface area contributed by atoms with E-state index in [0.29, 0.717) is 5.95 Å². The van der Waals surface area contributed by atoms with Gasteiger partial charge in [-0.25, -0.2) is 9.97 Å². The lowest BCUT2D eigenvalue weighted by Gasteiger charge is -2.11. The third-order valence-electron chi connectivity index (χ3n) is 9.98. The molecule has 10 rings (SSSR count). The lowest BCUT2D eigenvalue weighted by Crippen LogP contribution is -2.30. The molecule has 0 bridgehead atoms. The second kappa shape index (κ2) is 10.4. The Labute approximate surface area is 283 Å². The predicted octanol–water partition coefficient (Wildman–Crippen LogP) is 9.61. The summed E-state index contributed by atoms with van der Waals surface area (Å²) in [5, 5.41) is 8.11. The zero-order valence-corrected chi connectivity index (χ0v) is 27.3. The summed E-state index contributed by atoms with van der Waals surface area (Å²) in [7, 11) is 0. The summed E-state index contributed by atoms with van der Waals surface area (Å²) in [6.07, 6.45) is 6.75. The van der Waals surface area contributed by atoms with Gasteiger partial charge in [0.05, 0.1) is 27.6 Å². The van der Waals surface area contributed by atoms with Gasteiger partial charge >= 0.3 is 0 Å². The maximum atomic E-state index is 5.44. The third kappa shape index (κ3) is 4.31. The first-order chi connectivity index (χ1) is 24.0. The van der Waals surface area contributed by atoms with Crippen molar-refractivity contribution in [2.24, 2.45) is 5.41 Å². The molecule has 0 spiro atoms. The molecular weight excluding hydrogens is 597 g/mol. The minimum atomic E-state index is -0.131. The Kier molecular flexibility index (Phi) is 5.89. The average Bonchev–Trinajstić information content (AvgIpc) is 3.82. The molecule has 0 saturated carbocycles. The highest BCUT2D eigenvalue weighted by Crippen LogP contribution is 2.37. The van der Waals surface area contributed by atoms with Gasteiger partial charge in [0.25, 0.3) is 0 Å². The summed E-state index contributed by atoms with van der Waals surface area (Å²) in [5.41, 5.74) is 8.81. The number of rotatable bonds is 4. The summed E-state index contributed by atoms with van der Waals surface area (Å²) in [4.78, 5) is 10.7. The molecule has 0 aliphatic heterocycles. The number of aromatic nitrogens is 4. The van der Waals surface area contributed by atoms with E-state index in [4.69, 9.17) is 9.97 Å². The van der Waals surface area contributed by atoms with E-state index in [0.717, 1.165) is 44.1 Å². The molecule has 4 nitrogen and oxygen atoms in total. The number of fused-ring (bicyclic) bond motifs is 7. The minimum absolute atomic E-state index is 0.131. The first-order valence-electron chi connectivity index (χ1n) is 16.8. The summed E-state index contributed by atoms with van der Waals surface area (Å²) in [6, 6.07) is 49.8. The molecule has 49 heavy (non-hydrogen) atoms. The molecule has 6 aromatic carbocycles. The van der Waals surface area contributed by atoms with Crippen LogP contribution in [0.2, 0.25) is 0 Å². The van der Waals surface area contributed by atoms with Gasteiger partial charge in [0.15, 0.2) is 0 Å². The van der Waals surface area contributed by atoms with Crippen molar-refractivity contribution in [3.8, 4) is 34.0 Å². The van der Waals surface area contributed by atoms with E-state index in [1.807, 2.05) is 0 Å². The molecule has 1 aliphatic rings. The summed E-state index contributed by atoms with van der Waals surface area (Å²) in [5.74, 6) is 0.681. The van der Waals surface area contributed by atoms with Crippen LogP contribution in [0.3, 0.4) is 0 Å². The normalized spacial score (nSPS) is 13.6. The molecule has 0 unspecified atom stereocenters. The quantitative estimate of drug-likeness (QED) is 0.195. The van der Waals surface area contributed by atoms with Crippen LogP contribution in [0.4, 0.5) is 0 Å². The Morgan fingerprint density at radius 3 is 2.12 bits per heavy atom. The van der Waals surface area contributed by atoms with E-state index in [2.05, 4.69) is 181 Å². The lowest BCUT2D eigenvalue weighted by molar-refractivity contribution is 0.723. The number of benzene rings is 6. The van der Waals surface area contributed by atoms with Crippen molar-refractivity contribution >= 4 is 55.6 Å². The predicted molar refractivity (Wildman–Crippen MR) is 204 cm³/mol. The van der Waals surface area contributed by atoms with Crippen molar-refractivity contribution in [2.75, 3.05) is 0 Å². The molecule has 232 valence electrons. The highest BCUT2D eigenvalue weighted by Gasteiger charge is 2.23. The summed E-state index contributed by atoms with van der Waals surface area (Å²) < 4.78 is 4.53. The summed E-state index contributed by atoms with van der Waals surface area (Å²) >= 11 is 0. The van der Waals surface area contributed by atoms with Crippen molar-refractivity contribution in [2.45, 2.75) is 13.8 Å². The number of hydrogen-bond donors (Lipinski definition) is 0. The molecule has 0 atom stereocenters. The topological polar surface area (TPSA) is 35.6 Å². The Morgan fingerprint density at radius 2 is 1.27 bits per heavy atom. The van der Waals surface area contributed by atoms with Crippen molar-refractivity contribution in [3.05, 3.63) is 156 Å². The van der Waals surface area contributed by atoms with Crippen LogP contribution < -0.4 is 10.6 Å². The Morgan fingerprint density at radius 1 is 0.531 bits per heavy atom. The van der Waals surface area contributed by atoms with Gasteiger partial charge in [0.2, 0.25) is 5.95 Å². The van der Waals surface area contributed by atoms with Crippen molar-refractivity contribution in [3.63, 3.8) is 0 Å². The molecule has 0 N–H and O–H groups in total. The number of hydrogen-bond acceptors (Lipinski definition) is 2. The molecule has 0 fully saturated rings. The van der Waals surface area contributed by atoms with Crippen molar-refractivity contribution in [1.29, 1.82) is 0 Å².